The van der Waals surface area contributed by atoms with Gasteiger partial charge in [-0.1, -0.05) is 6.07 Å². The van der Waals surface area contributed by atoms with E-state index in [4.69, 9.17) is 0 Å². The fraction of sp³-hybridized carbons (Fsp3) is 0.474. The first-order valence-electron chi connectivity index (χ1n) is 9.20. The third kappa shape index (κ3) is 4.10. The average Bonchev–Trinajstić information content (AvgIpc) is 3.00. The number of hydrogen-bond acceptors (Lipinski definition) is 4. The van der Waals surface area contributed by atoms with Gasteiger partial charge in [0.05, 0.1) is 0 Å². The van der Waals surface area contributed by atoms with Gasteiger partial charge in [0.1, 0.15) is 11.5 Å². The van der Waals surface area contributed by atoms with Crippen molar-refractivity contribution in [2.24, 2.45) is 0 Å². The number of pyridine rings is 1. The Morgan fingerprint density at radius 2 is 2.00 bits per heavy atom. The molecular weight excluding hydrogens is 344 g/mol. The van der Waals surface area contributed by atoms with E-state index < -0.39 is 0 Å². The Morgan fingerprint density at radius 1 is 1.26 bits per heavy atom. The van der Waals surface area contributed by atoms with Crippen molar-refractivity contribution >= 4 is 11.9 Å². The van der Waals surface area contributed by atoms with Crippen molar-refractivity contribution in [3.63, 3.8) is 0 Å². The van der Waals surface area contributed by atoms with Crippen LogP contribution >= 0.6 is 0 Å². The highest BCUT2D eigenvalue weighted by Crippen LogP contribution is 2.27. The van der Waals surface area contributed by atoms with E-state index in [1.54, 1.807) is 19.4 Å². The third-order valence-electron chi connectivity index (χ3n) is 5.05. The van der Waals surface area contributed by atoms with Crippen LogP contribution in [0.5, 0.6) is 0 Å². The lowest BCUT2D eigenvalue weighted by Gasteiger charge is -2.33. The largest absolute Gasteiger partial charge is 0.347 e. The highest BCUT2D eigenvalue weighted by molar-refractivity contribution is 5.93. The van der Waals surface area contributed by atoms with E-state index >= 15 is 0 Å². The molecule has 1 aliphatic rings. The molecule has 27 heavy (non-hydrogen) atoms. The number of imidazole rings is 1. The van der Waals surface area contributed by atoms with Gasteiger partial charge in [0.25, 0.3) is 5.91 Å². The molecule has 0 atom stereocenters. The topological polar surface area (TPSA) is 92.2 Å². The molecule has 0 aliphatic carbocycles. The standard InChI is InChI=1S/C19H26N6O2/c1-13-17(18(26)22-12-15-5-4-8-21-11-15)23-14(2)25(13)16-6-9-24(10-7-16)19(27)20-3/h4-5,8,11,16H,6-7,9-10,12H2,1-3H3,(H,20,27)(H,22,26). The van der Waals surface area contributed by atoms with Gasteiger partial charge in [0.15, 0.2) is 0 Å². The summed E-state index contributed by atoms with van der Waals surface area (Å²) in [5.41, 5.74) is 2.28. The summed E-state index contributed by atoms with van der Waals surface area (Å²) < 4.78 is 2.14. The minimum absolute atomic E-state index is 0.0389. The number of rotatable bonds is 4. The second-order valence-electron chi connectivity index (χ2n) is 6.78. The second-order valence-corrected chi connectivity index (χ2v) is 6.78. The molecule has 8 heteroatoms. The average molecular weight is 370 g/mol. The maximum Gasteiger partial charge on any atom is 0.317 e. The van der Waals surface area contributed by atoms with Crippen LogP contribution in [0.4, 0.5) is 4.79 Å². The predicted octanol–water partition coefficient (Wildman–Crippen LogP) is 1.80. The first-order chi connectivity index (χ1) is 13.0. The lowest BCUT2D eigenvalue weighted by molar-refractivity contribution is 0.0945. The maximum absolute atomic E-state index is 12.6. The molecule has 1 saturated heterocycles. The number of aryl methyl sites for hydroxylation is 1. The van der Waals surface area contributed by atoms with E-state index in [2.05, 4.69) is 25.2 Å². The Hall–Kier alpha value is -2.90. The van der Waals surface area contributed by atoms with E-state index in [1.807, 2.05) is 30.9 Å². The van der Waals surface area contributed by atoms with Crippen LogP contribution in [0.2, 0.25) is 0 Å². The van der Waals surface area contributed by atoms with Crippen molar-refractivity contribution in [3.8, 4) is 0 Å². The lowest BCUT2D eigenvalue weighted by Crippen LogP contribution is -2.43. The van der Waals surface area contributed by atoms with Crippen LogP contribution < -0.4 is 10.6 Å². The normalized spacial score (nSPS) is 14.9. The number of likely N-dealkylation sites (tertiary alicyclic amines) is 1. The summed E-state index contributed by atoms with van der Waals surface area (Å²) in [7, 11) is 1.65. The number of urea groups is 1. The van der Waals surface area contributed by atoms with E-state index in [9.17, 15) is 9.59 Å². The number of amides is 3. The van der Waals surface area contributed by atoms with Gasteiger partial charge in [0.2, 0.25) is 0 Å². The van der Waals surface area contributed by atoms with Crippen LogP contribution in [0.15, 0.2) is 24.5 Å². The molecule has 8 nitrogen and oxygen atoms in total. The first-order valence-corrected chi connectivity index (χ1v) is 9.20. The SMILES string of the molecule is CNC(=O)N1CCC(n2c(C)nc(C(=O)NCc3cccnc3)c2C)CC1. The minimum Gasteiger partial charge on any atom is -0.347 e. The molecule has 144 valence electrons. The van der Waals surface area contributed by atoms with Crippen LogP contribution in [0.1, 0.15) is 46.5 Å². The van der Waals surface area contributed by atoms with Gasteiger partial charge in [-0.05, 0) is 38.3 Å². The molecule has 1 aliphatic heterocycles. The van der Waals surface area contributed by atoms with Crippen LogP contribution in [0, 0.1) is 13.8 Å². The lowest BCUT2D eigenvalue weighted by atomic mass is 10.0. The number of carbonyl (C=O) groups excluding carboxylic acids is 2. The molecule has 0 saturated carbocycles. The van der Waals surface area contributed by atoms with Gasteiger partial charge in [-0.3, -0.25) is 9.78 Å². The second kappa shape index (κ2) is 8.20. The Kier molecular flexibility index (Phi) is 5.73. The van der Waals surface area contributed by atoms with E-state index in [0.29, 0.717) is 25.3 Å². The minimum atomic E-state index is -0.180. The molecule has 3 heterocycles. The quantitative estimate of drug-likeness (QED) is 0.858. The summed E-state index contributed by atoms with van der Waals surface area (Å²) in [5, 5.41) is 5.58. The van der Waals surface area contributed by atoms with Gasteiger partial charge < -0.3 is 20.1 Å². The zero-order valence-electron chi connectivity index (χ0n) is 16.0. The van der Waals surface area contributed by atoms with Crippen LogP contribution in [0.3, 0.4) is 0 Å². The Morgan fingerprint density at radius 3 is 2.63 bits per heavy atom. The number of piperidine rings is 1. The van der Waals surface area contributed by atoms with Crippen molar-refractivity contribution in [2.45, 2.75) is 39.3 Å². The molecule has 1 fully saturated rings. The van der Waals surface area contributed by atoms with Crippen molar-refractivity contribution < 1.29 is 9.59 Å². The zero-order chi connectivity index (χ0) is 19.4. The van der Waals surface area contributed by atoms with Crippen LogP contribution in [-0.4, -0.2) is 51.5 Å². The zero-order valence-corrected chi connectivity index (χ0v) is 16.0. The Balaban J connectivity index is 1.68. The van der Waals surface area contributed by atoms with Crippen molar-refractivity contribution in [3.05, 3.63) is 47.3 Å². The van der Waals surface area contributed by atoms with E-state index in [1.165, 1.54) is 0 Å². The van der Waals surface area contributed by atoms with Gasteiger partial charge in [-0.2, -0.15) is 0 Å². The van der Waals surface area contributed by atoms with Crippen molar-refractivity contribution in [1.82, 2.24) is 30.1 Å². The number of nitrogens with zero attached hydrogens (tertiary/aromatic N) is 4. The predicted molar refractivity (Wildman–Crippen MR) is 101 cm³/mol. The molecule has 0 aromatic carbocycles. The van der Waals surface area contributed by atoms with Crippen LogP contribution in [-0.2, 0) is 6.54 Å². The summed E-state index contributed by atoms with van der Waals surface area (Å²) in [5.74, 6) is 0.651. The fourth-order valence-electron chi connectivity index (χ4n) is 3.66. The Labute approximate surface area is 159 Å². The smallest absolute Gasteiger partial charge is 0.317 e. The third-order valence-corrected chi connectivity index (χ3v) is 5.05. The molecule has 2 aromatic rings. The summed E-state index contributed by atoms with van der Waals surface area (Å²) >= 11 is 0. The van der Waals surface area contributed by atoms with Crippen molar-refractivity contribution in [1.29, 1.82) is 0 Å². The van der Waals surface area contributed by atoms with Gasteiger partial charge >= 0.3 is 6.03 Å². The van der Waals surface area contributed by atoms with Gasteiger partial charge in [-0.15, -0.1) is 0 Å². The Bertz CT molecular complexity index is 809. The summed E-state index contributed by atoms with van der Waals surface area (Å²) in [4.78, 5) is 34.7. The maximum atomic E-state index is 12.6. The molecule has 2 N–H and O–H groups in total. The highest BCUT2D eigenvalue weighted by atomic mass is 16.2. The number of carbonyl (C=O) groups is 2. The van der Waals surface area contributed by atoms with Gasteiger partial charge in [0, 0.05) is 50.8 Å². The first kappa shape index (κ1) is 18.9. The molecule has 3 rings (SSSR count). The molecule has 0 spiro atoms. The highest BCUT2D eigenvalue weighted by Gasteiger charge is 2.27. The van der Waals surface area contributed by atoms with Gasteiger partial charge in [-0.25, -0.2) is 9.78 Å². The van der Waals surface area contributed by atoms with E-state index in [-0.39, 0.29) is 18.0 Å². The molecule has 0 radical (unpaired) electrons. The van der Waals surface area contributed by atoms with E-state index in [0.717, 1.165) is 29.9 Å². The number of aromatic nitrogens is 3. The molecule has 0 bridgehead atoms. The number of nitrogens with one attached hydrogen (secondary N) is 2. The molecule has 3 amide bonds. The summed E-state index contributed by atoms with van der Waals surface area (Å²) in [6.07, 6.45) is 5.14. The molecular formula is C19H26N6O2. The van der Waals surface area contributed by atoms with Crippen molar-refractivity contribution in [2.75, 3.05) is 20.1 Å². The summed E-state index contributed by atoms with van der Waals surface area (Å²) in [6, 6.07) is 3.97. The fourth-order valence-corrected chi connectivity index (χ4v) is 3.66. The number of hydrogen-bond donors (Lipinski definition) is 2. The molecule has 0 unspecified atom stereocenters. The molecule has 2 aromatic heterocycles. The summed E-state index contributed by atoms with van der Waals surface area (Å²) in [6.45, 7) is 5.68. The van der Waals surface area contributed by atoms with Crippen LogP contribution in [0.25, 0.3) is 0 Å². The monoisotopic (exact) mass is 370 g/mol.